The highest BCUT2D eigenvalue weighted by Gasteiger charge is 2.32. The van der Waals surface area contributed by atoms with Crippen LogP contribution in [0.25, 0.3) is 0 Å². The summed E-state index contributed by atoms with van der Waals surface area (Å²) in [6.07, 6.45) is 3.07. The van der Waals surface area contributed by atoms with Gasteiger partial charge >= 0.3 is 0 Å². The first-order valence-electron chi connectivity index (χ1n) is 7.61. The van der Waals surface area contributed by atoms with Crippen molar-refractivity contribution in [2.24, 2.45) is 5.92 Å². The SMILES string of the molecule is CCCN(CC1CC1)S(=O)(=O)c1cc(CO)c(C)cc1C. The molecule has 5 heteroatoms. The molecule has 1 aromatic carbocycles. The van der Waals surface area contributed by atoms with Crippen LogP contribution in [0.15, 0.2) is 17.0 Å². The molecule has 0 radical (unpaired) electrons. The van der Waals surface area contributed by atoms with E-state index in [1.165, 1.54) is 0 Å². The van der Waals surface area contributed by atoms with Crippen LogP contribution in [0.1, 0.15) is 42.9 Å². The van der Waals surface area contributed by atoms with E-state index >= 15 is 0 Å². The van der Waals surface area contributed by atoms with Crippen LogP contribution in [-0.2, 0) is 16.6 Å². The van der Waals surface area contributed by atoms with E-state index in [4.69, 9.17) is 0 Å². The molecule has 0 aliphatic heterocycles. The average Bonchev–Trinajstić information content (AvgIpc) is 3.22. The fourth-order valence-electron chi connectivity index (χ4n) is 2.61. The van der Waals surface area contributed by atoms with Gasteiger partial charge in [-0.3, -0.25) is 0 Å². The first-order chi connectivity index (χ1) is 9.90. The number of hydrogen-bond donors (Lipinski definition) is 1. The van der Waals surface area contributed by atoms with E-state index in [1.54, 1.807) is 10.4 Å². The van der Waals surface area contributed by atoms with Crippen LogP contribution in [0.4, 0.5) is 0 Å². The lowest BCUT2D eigenvalue weighted by atomic mass is 10.1. The topological polar surface area (TPSA) is 57.6 Å². The van der Waals surface area contributed by atoms with E-state index in [0.29, 0.717) is 29.5 Å². The van der Waals surface area contributed by atoms with Gasteiger partial charge in [0.05, 0.1) is 11.5 Å². The second kappa shape index (κ2) is 6.46. The molecule has 0 amide bonds. The normalized spacial score (nSPS) is 15.7. The molecule has 1 aliphatic carbocycles. The van der Waals surface area contributed by atoms with Gasteiger partial charge < -0.3 is 5.11 Å². The fraction of sp³-hybridized carbons (Fsp3) is 0.625. The number of aliphatic hydroxyl groups excluding tert-OH is 1. The number of aliphatic hydroxyl groups is 1. The van der Waals surface area contributed by atoms with E-state index in [9.17, 15) is 13.5 Å². The maximum Gasteiger partial charge on any atom is 0.243 e. The van der Waals surface area contributed by atoms with Crippen molar-refractivity contribution in [2.45, 2.75) is 51.5 Å². The summed E-state index contributed by atoms with van der Waals surface area (Å²) in [5.41, 5.74) is 2.36. The minimum atomic E-state index is -3.48. The molecule has 0 heterocycles. The van der Waals surface area contributed by atoms with Crippen molar-refractivity contribution < 1.29 is 13.5 Å². The lowest BCUT2D eigenvalue weighted by molar-refractivity contribution is 0.280. The minimum absolute atomic E-state index is 0.134. The number of aryl methyl sites for hydroxylation is 2. The maximum atomic E-state index is 12.9. The van der Waals surface area contributed by atoms with Gasteiger partial charge in [-0.05, 0) is 61.8 Å². The van der Waals surface area contributed by atoms with Crippen LogP contribution >= 0.6 is 0 Å². The van der Waals surface area contributed by atoms with E-state index < -0.39 is 10.0 Å². The maximum absolute atomic E-state index is 12.9. The zero-order chi connectivity index (χ0) is 15.6. The summed E-state index contributed by atoms with van der Waals surface area (Å²) in [6.45, 7) is 6.76. The predicted octanol–water partition coefficient (Wildman–Crippen LogP) is 2.61. The van der Waals surface area contributed by atoms with Crippen molar-refractivity contribution in [3.05, 3.63) is 28.8 Å². The summed E-state index contributed by atoms with van der Waals surface area (Å²) in [5.74, 6) is 0.523. The van der Waals surface area contributed by atoms with E-state index in [0.717, 1.165) is 30.4 Å². The second-order valence-corrected chi connectivity index (χ2v) is 7.92. The Morgan fingerprint density at radius 1 is 1.24 bits per heavy atom. The smallest absolute Gasteiger partial charge is 0.243 e. The Hall–Kier alpha value is -0.910. The van der Waals surface area contributed by atoms with Crippen molar-refractivity contribution in [3.8, 4) is 0 Å². The van der Waals surface area contributed by atoms with Crippen LogP contribution in [0.3, 0.4) is 0 Å². The van der Waals surface area contributed by atoms with Gasteiger partial charge in [-0.25, -0.2) is 8.42 Å². The van der Waals surface area contributed by atoms with E-state index in [2.05, 4.69) is 0 Å². The molecule has 1 aliphatic rings. The second-order valence-electron chi connectivity index (χ2n) is 6.01. The lowest BCUT2D eigenvalue weighted by Gasteiger charge is -2.23. The molecule has 2 rings (SSSR count). The van der Waals surface area contributed by atoms with Crippen molar-refractivity contribution in [2.75, 3.05) is 13.1 Å². The summed E-state index contributed by atoms with van der Waals surface area (Å²) in [4.78, 5) is 0.339. The molecule has 1 fully saturated rings. The third-order valence-electron chi connectivity index (χ3n) is 4.05. The van der Waals surface area contributed by atoms with Crippen molar-refractivity contribution in [1.29, 1.82) is 0 Å². The molecular weight excluding hydrogens is 286 g/mol. The molecule has 0 aromatic heterocycles. The van der Waals surface area contributed by atoms with Crippen molar-refractivity contribution >= 4 is 10.0 Å². The number of hydrogen-bond acceptors (Lipinski definition) is 3. The van der Waals surface area contributed by atoms with Crippen molar-refractivity contribution in [3.63, 3.8) is 0 Å². The first-order valence-corrected chi connectivity index (χ1v) is 9.05. The Morgan fingerprint density at radius 3 is 2.43 bits per heavy atom. The number of sulfonamides is 1. The van der Waals surface area contributed by atoms with Gasteiger partial charge in [0, 0.05) is 13.1 Å². The molecule has 4 nitrogen and oxygen atoms in total. The molecule has 0 unspecified atom stereocenters. The molecule has 1 saturated carbocycles. The third kappa shape index (κ3) is 3.65. The van der Waals surface area contributed by atoms with Crippen LogP contribution in [0.2, 0.25) is 0 Å². The summed E-state index contributed by atoms with van der Waals surface area (Å²) in [5, 5.41) is 9.39. The van der Waals surface area contributed by atoms with E-state index in [1.807, 2.05) is 26.8 Å². The monoisotopic (exact) mass is 311 g/mol. The third-order valence-corrected chi connectivity index (χ3v) is 6.06. The number of rotatable bonds is 7. The standard InChI is InChI=1S/C16H25NO3S/c1-4-7-17(10-14-5-6-14)21(19,20)16-9-15(11-18)12(2)8-13(16)3/h8-9,14,18H,4-7,10-11H2,1-3H3. The van der Waals surface area contributed by atoms with Gasteiger partial charge in [-0.2, -0.15) is 4.31 Å². The van der Waals surface area contributed by atoms with Gasteiger partial charge in [0.15, 0.2) is 0 Å². The fourth-order valence-corrected chi connectivity index (χ4v) is 4.47. The van der Waals surface area contributed by atoms with Crippen LogP contribution < -0.4 is 0 Å². The Morgan fingerprint density at radius 2 is 1.90 bits per heavy atom. The molecule has 1 aromatic rings. The van der Waals surface area contributed by atoms with Crippen molar-refractivity contribution in [1.82, 2.24) is 4.31 Å². The molecule has 0 spiro atoms. The summed E-state index contributed by atoms with van der Waals surface area (Å²) in [6, 6.07) is 3.48. The van der Waals surface area contributed by atoms with Crippen LogP contribution in [-0.4, -0.2) is 30.9 Å². The van der Waals surface area contributed by atoms with Crippen LogP contribution in [0, 0.1) is 19.8 Å². The highest BCUT2D eigenvalue weighted by molar-refractivity contribution is 7.89. The van der Waals surface area contributed by atoms with Gasteiger partial charge in [0.2, 0.25) is 10.0 Å². The highest BCUT2D eigenvalue weighted by Crippen LogP contribution is 2.32. The molecule has 21 heavy (non-hydrogen) atoms. The number of nitrogens with zero attached hydrogens (tertiary/aromatic N) is 1. The molecule has 1 N–H and O–H groups in total. The largest absolute Gasteiger partial charge is 0.392 e. The summed E-state index contributed by atoms with van der Waals surface area (Å²) < 4.78 is 27.5. The Labute approximate surface area is 127 Å². The lowest BCUT2D eigenvalue weighted by Crippen LogP contribution is -2.34. The molecule has 0 saturated heterocycles. The Bertz CT molecular complexity index is 606. The quantitative estimate of drug-likeness (QED) is 0.842. The zero-order valence-corrected chi connectivity index (χ0v) is 13.9. The minimum Gasteiger partial charge on any atom is -0.392 e. The first kappa shape index (κ1) is 16.5. The van der Waals surface area contributed by atoms with Gasteiger partial charge in [-0.1, -0.05) is 13.0 Å². The molecule has 118 valence electrons. The number of benzene rings is 1. The van der Waals surface area contributed by atoms with Gasteiger partial charge in [0.1, 0.15) is 0 Å². The average molecular weight is 311 g/mol. The molecule has 0 bridgehead atoms. The zero-order valence-electron chi connectivity index (χ0n) is 13.1. The van der Waals surface area contributed by atoms with Crippen LogP contribution in [0.5, 0.6) is 0 Å². The van der Waals surface area contributed by atoms with Gasteiger partial charge in [-0.15, -0.1) is 0 Å². The summed E-state index contributed by atoms with van der Waals surface area (Å²) in [7, 11) is -3.48. The van der Waals surface area contributed by atoms with Gasteiger partial charge in [0.25, 0.3) is 0 Å². The molecular formula is C16H25NO3S. The highest BCUT2D eigenvalue weighted by atomic mass is 32.2. The predicted molar refractivity (Wildman–Crippen MR) is 83.6 cm³/mol. The Kier molecular flexibility index (Phi) is 5.07. The summed E-state index contributed by atoms with van der Waals surface area (Å²) >= 11 is 0. The van der Waals surface area contributed by atoms with E-state index in [-0.39, 0.29) is 6.61 Å². The molecule has 0 atom stereocenters. The Balaban J connectivity index is 2.40.